The Morgan fingerprint density at radius 3 is 2.28 bits per heavy atom. The van der Waals surface area contributed by atoms with E-state index in [-0.39, 0.29) is 10.6 Å². The number of hydrogen-bond donors (Lipinski definition) is 2. The molecule has 0 saturated carbocycles. The second-order valence-electron chi connectivity index (χ2n) is 6.13. The van der Waals surface area contributed by atoms with Gasteiger partial charge in [-0.05, 0) is 49.7 Å². The van der Waals surface area contributed by atoms with Crippen molar-refractivity contribution in [2.75, 3.05) is 0 Å². The summed E-state index contributed by atoms with van der Waals surface area (Å²) in [6.45, 7) is 3.08. The Kier molecular flexibility index (Phi) is 7.53. The summed E-state index contributed by atoms with van der Waals surface area (Å²) < 4.78 is 28.2. The molecule has 0 unspecified atom stereocenters. The number of benzene rings is 2. The van der Waals surface area contributed by atoms with Crippen LogP contribution in [0.4, 0.5) is 0 Å². The Labute approximate surface area is 183 Å². The van der Waals surface area contributed by atoms with Crippen molar-refractivity contribution in [2.45, 2.75) is 30.9 Å². The van der Waals surface area contributed by atoms with Crippen LogP contribution in [0, 0.1) is 0 Å². The summed E-state index contributed by atoms with van der Waals surface area (Å²) in [7, 11) is -4.13. The Bertz CT molecular complexity index is 1060. The van der Waals surface area contributed by atoms with Crippen LogP contribution in [0.3, 0.4) is 0 Å². The van der Waals surface area contributed by atoms with E-state index in [1.807, 2.05) is 0 Å². The highest BCUT2D eigenvalue weighted by Crippen LogP contribution is 2.26. The predicted octanol–water partition coefficient (Wildman–Crippen LogP) is 3.72. The molecule has 1 amide bonds. The SMILES string of the molecule is C[C@H](NC(=O)[C@@H](C)OC(=O)c1ccc(Cl)c(S(N)(=O)=O)c1)c1ccc(Cl)cc1Cl. The van der Waals surface area contributed by atoms with Crippen molar-refractivity contribution in [1.82, 2.24) is 5.32 Å². The number of nitrogens with two attached hydrogens (primary N) is 1. The number of primary sulfonamides is 1. The highest BCUT2D eigenvalue weighted by atomic mass is 35.5. The lowest BCUT2D eigenvalue weighted by Crippen LogP contribution is -2.37. The normalized spacial score (nSPS) is 13.4. The number of carbonyl (C=O) groups is 2. The molecule has 0 radical (unpaired) electrons. The number of nitrogens with one attached hydrogen (secondary N) is 1. The molecule has 0 bridgehead atoms. The van der Waals surface area contributed by atoms with Gasteiger partial charge in [-0.25, -0.2) is 18.4 Å². The molecule has 2 atom stereocenters. The third-order valence-corrected chi connectivity index (χ3v) is 5.87. The first-order chi connectivity index (χ1) is 13.4. The number of rotatable bonds is 6. The van der Waals surface area contributed by atoms with Crippen LogP contribution in [-0.4, -0.2) is 26.4 Å². The van der Waals surface area contributed by atoms with Gasteiger partial charge in [0.05, 0.1) is 16.6 Å². The summed E-state index contributed by atoms with van der Waals surface area (Å²) in [5, 5.41) is 8.44. The number of halogens is 3. The molecule has 0 aliphatic carbocycles. The van der Waals surface area contributed by atoms with Gasteiger partial charge in [-0.15, -0.1) is 0 Å². The summed E-state index contributed by atoms with van der Waals surface area (Å²) in [6, 6.07) is 7.84. The molecule has 0 spiro atoms. The molecule has 0 saturated heterocycles. The Balaban J connectivity index is 2.08. The molecule has 0 fully saturated rings. The minimum atomic E-state index is -4.13. The zero-order chi connectivity index (χ0) is 21.9. The van der Waals surface area contributed by atoms with E-state index in [4.69, 9.17) is 44.7 Å². The molecule has 0 aliphatic heterocycles. The minimum absolute atomic E-state index is 0.119. The lowest BCUT2D eigenvalue weighted by atomic mass is 10.1. The van der Waals surface area contributed by atoms with Gasteiger partial charge in [0.15, 0.2) is 6.10 Å². The van der Waals surface area contributed by atoms with Gasteiger partial charge in [0.2, 0.25) is 10.0 Å². The van der Waals surface area contributed by atoms with E-state index < -0.39 is 38.9 Å². The molecule has 2 aromatic rings. The van der Waals surface area contributed by atoms with Gasteiger partial charge in [-0.1, -0.05) is 40.9 Å². The highest BCUT2D eigenvalue weighted by molar-refractivity contribution is 7.89. The quantitative estimate of drug-likeness (QED) is 0.613. The van der Waals surface area contributed by atoms with Crippen molar-refractivity contribution in [3.8, 4) is 0 Å². The van der Waals surface area contributed by atoms with Crippen LogP contribution >= 0.6 is 34.8 Å². The van der Waals surface area contributed by atoms with Gasteiger partial charge < -0.3 is 10.1 Å². The first kappa shape index (κ1) is 23.4. The third-order valence-electron chi connectivity index (χ3n) is 3.91. The van der Waals surface area contributed by atoms with Crippen molar-refractivity contribution in [1.29, 1.82) is 0 Å². The standard InChI is InChI=1S/C18H17Cl3N2O5S/c1-9(13-5-4-12(19)8-15(13)21)23-17(24)10(2)28-18(25)11-3-6-14(20)16(7-11)29(22,26)27/h3-10H,1-2H3,(H,23,24)(H2,22,26,27)/t9-,10+/m0/s1. The Hall–Kier alpha value is -1.84. The first-order valence-electron chi connectivity index (χ1n) is 8.18. The number of esters is 1. The second kappa shape index (κ2) is 9.32. The Morgan fingerprint density at radius 2 is 1.69 bits per heavy atom. The van der Waals surface area contributed by atoms with Crippen molar-refractivity contribution >= 4 is 56.7 Å². The number of carbonyl (C=O) groups excluding carboxylic acids is 2. The molecule has 156 valence electrons. The van der Waals surface area contributed by atoms with Crippen LogP contribution in [0.1, 0.15) is 35.8 Å². The van der Waals surface area contributed by atoms with E-state index in [1.165, 1.54) is 19.1 Å². The molecule has 3 N–H and O–H groups in total. The van der Waals surface area contributed by atoms with Crippen molar-refractivity contribution < 1.29 is 22.7 Å². The molecule has 7 nitrogen and oxygen atoms in total. The monoisotopic (exact) mass is 478 g/mol. The molecule has 2 rings (SSSR count). The maximum absolute atomic E-state index is 12.4. The average Bonchev–Trinajstić information content (AvgIpc) is 2.60. The van der Waals surface area contributed by atoms with E-state index in [1.54, 1.807) is 25.1 Å². The summed E-state index contributed by atoms with van der Waals surface area (Å²) in [6.07, 6.45) is -1.16. The van der Waals surface area contributed by atoms with Crippen LogP contribution in [0.15, 0.2) is 41.3 Å². The maximum Gasteiger partial charge on any atom is 0.338 e. The maximum atomic E-state index is 12.4. The smallest absolute Gasteiger partial charge is 0.338 e. The van der Waals surface area contributed by atoms with Gasteiger partial charge in [0.25, 0.3) is 5.91 Å². The van der Waals surface area contributed by atoms with E-state index in [9.17, 15) is 18.0 Å². The summed E-state index contributed by atoms with van der Waals surface area (Å²) in [5.74, 6) is -1.48. The number of sulfonamides is 1. The summed E-state index contributed by atoms with van der Waals surface area (Å²) in [5.41, 5.74) is 0.519. The van der Waals surface area contributed by atoms with Crippen molar-refractivity contribution in [2.24, 2.45) is 5.14 Å². The van der Waals surface area contributed by atoms with Crippen LogP contribution in [-0.2, 0) is 19.6 Å². The molecular weight excluding hydrogens is 463 g/mol. The van der Waals surface area contributed by atoms with Crippen LogP contribution in [0.5, 0.6) is 0 Å². The summed E-state index contributed by atoms with van der Waals surface area (Å²) >= 11 is 17.8. The number of ether oxygens (including phenoxy) is 1. The fourth-order valence-corrected chi connectivity index (χ4v) is 4.04. The van der Waals surface area contributed by atoms with Gasteiger partial charge in [0, 0.05) is 10.0 Å². The van der Waals surface area contributed by atoms with Gasteiger partial charge in [0.1, 0.15) is 4.90 Å². The van der Waals surface area contributed by atoms with Crippen LogP contribution < -0.4 is 10.5 Å². The zero-order valence-electron chi connectivity index (χ0n) is 15.3. The van der Waals surface area contributed by atoms with Gasteiger partial charge in [-0.3, -0.25) is 4.79 Å². The Morgan fingerprint density at radius 1 is 1.03 bits per heavy atom. The lowest BCUT2D eigenvalue weighted by Gasteiger charge is -2.19. The predicted molar refractivity (Wildman–Crippen MR) is 111 cm³/mol. The molecule has 2 aromatic carbocycles. The van der Waals surface area contributed by atoms with E-state index >= 15 is 0 Å². The third kappa shape index (κ3) is 6.07. The molecule has 29 heavy (non-hydrogen) atoms. The van der Waals surface area contributed by atoms with Crippen molar-refractivity contribution in [3.63, 3.8) is 0 Å². The van der Waals surface area contributed by atoms with E-state index in [2.05, 4.69) is 5.32 Å². The molecular formula is C18H17Cl3N2O5S. The lowest BCUT2D eigenvalue weighted by molar-refractivity contribution is -0.129. The number of hydrogen-bond acceptors (Lipinski definition) is 5. The van der Waals surface area contributed by atoms with Gasteiger partial charge in [-0.2, -0.15) is 0 Å². The first-order valence-corrected chi connectivity index (χ1v) is 10.9. The topological polar surface area (TPSA) is 116 Å². The van der Waals surface area contributed by atoms with Crippen molar-refractivity contribution in [3.05, 3.63) is 62.6 Å². The van der Waals surface area contributed by atoms with E-state index in [0.29, 0.717) is 15.6 Å². The largest absolute Gasteiger partial charge is 0.449 e. The van der Waals surface area contributed by atoms with Crippen LogP contribution in [0.25, 0.3) is 0 Å². The minimum Gasteiger partial charge on any atom is -0.449 e. The van der Waals surface area contributed by atoms with E-state index in [0.717, 1.165) is 6.07 Å². The fraction of sp³-hybridized carbons (Fsp3) is 0.222. The molecule has 0 heterocycles. The molecule has 0 aromatic heterocycles. The fourth-order valence-electron chi connectivity index (χ4n) is 2.39. The van der Waals surface area contributed by atoms with Crippen LogP contribution in [0.2, 0.25) is 15.1 Å². The highest BCUT2D eigenvalue weighted by Gasteiger charge is 2.23. The summed E-state index contributed by atoms with van der Waals surface area (Å²) in [4.78, 5) is 24.2. The molecule has 11 heteroatoms. The number of amides is 1. The second-order valence-corrected chi connectivity index (χ2v) is 8.91. The zero-order valence-corrected chi connectivity index (χ0v) is 18.4. The van der Waals surface area contributed by atoms with Gasteiger partial charge >= 0.3 is 5.97 Å². The molecule has 0 aliphatic rings. The average molecular weight is 480 g/mol.